The van der Waals surface area contributed by atoms with Crippen LogP contribution in [0.1, 0.15) is 0 Å². The first-order valence-corrected chi connectivity index (χ1v) is 5.04. The summed E-state index contributed by atoms with van der Waals surface area (Å²) in [5, 5.41) is 0. The lowest BCUT2D eigenvalue weighted by atomic mass is 10.1. The molecule has 0 spiro atoms. The molecule has 2 aromatic rings. The van der Waals surface area contributed by atoms with Gasteiger partial charge in [-0.3, -0.25) is 0 Å². The number of rotatable bonds is 1. The van der Waals surface area contributed by atoms with Gasteiger partial charge in [-0.25, -0.2) is 4.98 Å². The van der Waals surface area contributed by atoms with E-state index in [-0.39, 0.29) is 0 Å². The number of anilines is 1. The molecular weight excluding hydrogens is 240 g/mol. The van der Waals surface area contributed by atoms with Crippen molar-refractivity contribution < 1.29 is 0 Å². The Morgan fingerprint density at radius 3 is 2.36 bits per heavy atom. The predicted octanol–water partition coefficient (Wildman–Crippen LogP) is 3.09. The van der Waals surface area contributed by atoms with E-state index in [0.717, 1.165) is 15.7 Å². The molecule has 1 heterocycles. The molecule has 0 saturated carbocycles. The molecule has 1 aromatic carbocycles. The van der Waals surface area contributed by atoms with Crippen LogP contribution in [-0.2, 0) is 0 Å². The molecule has 0 radical (unpaired) electrons. The molecule has 0 fully saturated rings. The number of benzene rings is 1. The maximum Gasteiger partial charge on any atom is 0.124 e. The Morgan fingerprint density at radius 1 is 1.00 bits per heavy atom. The molecule has 0 bridgehead atoms. The summed E-state index contributed by atoms with van der Waals surface area (Å²) in [6.07, 6.45) is 0. The highest BCUT2D eigenvalue weighted by molar-refractivity contribution is 9.10. The van der Waals surface area contributed by atoms with Crippen LogP contribution in [0.15, 0.2) is 47.1 Å². The average molecular weight is 249 g/mol. The molecule has 70 valence electrons. The summed E-state index contributed by atoms with van der Waals surface area (Å²) in [6, 6.07) is 13.8. The molecule has 0 aliphatic carbocycles. The molecule has 0 aliphatic heterocycles. The van der Waals surface area contributed by atoms with E-state index in [1.165, 1.54) is 0 Å². The monoisotopic (exact) mass is 248 g/mol. The van der Waals surface area contributed by atoms with Gasteiger partial charge >= 0.3 is 0 Å². The molecular formula is C11H9BrN2. The average Bonchev–Trinajstić information content (AvgIpc) is 2.19. The highest BCUT2D eigenvalue weighted by atomic mass is 79.9. The van der Waals surface area contributed by atoms with E-state index < -0.39 is 0 Å². The fraction of sp³-hybridized carbons (Fsp3) is 0. The number of nitrogen functional groups attached to an aromatic ring is 1. The van der Waals surface area contributed by atoms with Crippen molar-refractivity contribution in [3.8, 4) is 11.1 Å². The van der Waals surface area contributed by atoms with E-state index in [4.69, 9.17) is 5.73 Å². The van der Waals surface area contributed by atoms with Crippen LogP contribution in [0.25, 0.3) is 11.1 Å². The van der Waals surface area contributed by atoms with E-state index in [0.29, 0.717) is 5.82 Å². The van der Waals surface area contributed by atoms with Gasteiger partial charge in [-0.15, -0.1) is 0 Å². The minimum atomic E-state index is 0.525. The highest BCUT2D eigenvalue weighted by Gasteiger charge is 2.03. The van der Waals surface area contributed by atoms with Crippen molar-refractivity contribution >= 4 is 21.7 Å². The second kappa shape index (κ2) is 3.80. The normalized spacial score (nSPS) is 10.1. The zero-order chi connectivity index (χ0) is 9.97. The predicted molar refractivity (Wildman–Crippen MR) is 61.8 cm³/mol. The molecule has 2 nitrogen and oxygen atoms in total. The van der Waals surface area contributed by atoms with E-state index in [2.05, 4.69) is 20.9 Å². The smallest absolute Gasteiger partial charge is 0.124 e. The SMILES string of the molecule is Nc1ccc(-c2ccccc2)c(Br)n1. The summed E-state index contributed by atoms with van der Waals surface area (Å²) in [4.78, 5) is 4.14. The summed E-state index contributed by atoms with van der Waals surface area (Å²) in [5.74, 6) is 0.525. The summed E-state index contributed by atoms with van der Waals surface area (Å²) >= 11 is 3.39. The van der Waals surface area contributed by atoms with Gasteiger partial charge in [-0.05, 0) is 33.6 Å². The van der Waals surface area contributed by atoms with Crippen molar-refractivity contribution in [3.05, 3.63) is 47.1 Å². The first-order valence-electron chi connectivity index (χ1n) is 4.25. The number of halogens is 1. The Labute approximate surface area is 90.9 Å². The molecule has 0 aliphatic rings. The van der Waals surface area contributed by atoms with Crippen LogP contribution >= 0.6 is 15.9 Å². The summed E-state index contributed by atoms with van der Waals surface area (Å²) in [5.41, 5.74) is 7.75. The van der Waals surface area contributed by atoms with Crippen molar-refractivity contribution in [3.63, 3.8) is 0 Å². The standard InChI is InChI=1S/C11H9BrN2/c12-11-9(6-7-10(13)14-11)8-4-2-1-3-5-8/h1-7H,(H2,13,14). The second-order valence-electron chi connectivity index (χ2n) is 2.94. The van der Waals surface area contributed by atoms with Crippen LogP contribution in [0.2, 0.25) is 0 Å². The largest absolute Gasteiger partial charge is 0.384 e. The first-order chi connectivity index (χ1) is 6.77. The summed E-state index contributed by atoms with van der Waals surface area (Å²) in [6.45, 7) is 0. The number of hydrogen-bond donors (Lipinski definition) is 1. The highest BCUT2D eigenvalue weighted by Crippen LogP contribution is 2.26. The number of hydrogen-bond acceptors (Lipinski definition) is 2. The van der Waals surface area contributed by atoms with Gasteiger partial charge < -0.3 is 5.73 Å². The Bertz CT molecular complexity index is 440. The van der Waals surface area contributed by atoms with Crippen LogP contribution in [0.4, 0.5) is 5.82 Å². The number of nitrogens with two attached hydrogens (primary N) is 1. The van der Waals surface area contributed by atoms with Crippen molar-refractivity contribution in [1.29, 1.82) is 0 Å². The molecule has 2 N–H and O–H groups in total. The molecule has 0 saturated heterocycles. The van der Waals surface area contributed by atoms with Gasteiger partial charge in [0.15, 0.2) is 0 Å². The number of pyridine rings is 1. The van der Waals surface area contributed by atoms with Crippen molar-refractivity contribution in [2.45, 2.75) is 0 Å². The van der Waals surface area contributed by atoms with E-state index in [1.807, 2.05) is 36.4 Å². The minimum Gasteiger partial charge on any atom is -0.384 e. The third-order valence-corrected chi connectivity index (χ3v) is 2.56. The third-order valence-electron chi connectivity index (χ3n) is 1.96. The van der Waals surface area contributed by atoms with E-state index >= 15 is 0 Å². The minimum absolute atomic E-state index is 0.525. The zero-order valence-corrected chi connectivity index (χ0v) is 9.03. The van der Waals surface area contributed by atoms with Crippen LogP contribution in [0.5, 0.6) is 0 Å². The maximum absolute atomic E-state index is 5.56. The van der Waals surface area contributed by atoms with Gasteiger partial charge in [0.05, 0.1) is 0 Å². The fourth-order valence-corrected chi connectivity index (χ4v) is 1.85. The molecule has 0 atom stereocenters. The van der Waals surface area contributed by atoms with Crippen molar-refractivity contribution in [2.24, 2.45) is 0 Å². The van der Waals surface area contributed by atoms with Gasteiger partial charge in [0.2, 0.25) is 0 Å². The Morgan fingerprint density at radius 2 is 1.71 bits per heavy atom. The Hall–Kier alpha value is -1.35. The van der Waals surface area contributed by atoms with Crippen molar-refractivity contribution in [1.82, 2.24) is 4.98 Å². The van der Waals surface area contributed by atoms with Crippen molar-refractivity contribution in [2.75, 3.05) is 5.73 Å². The third kappa shape index (κ3) is 1.77. The van der Waals surface area contributed by atoms with Gasteiger partial charge in [0.25, 0.3) is 0 Å². The lowest BCUT2D eigenvalue weighted by molar-refractivity contribution is 1.29. The van der Waals surface area contributed by atoms with E-state index in [1.54, 1.807) is 6.07 Å². The van der Waals surface area contributed by atoms with Gasteiger partial charge in [-0.2, -0.15) is 0 Å². The second-order valence-corrected chi connectivity index (χ2v) is 3.69. The lowest BCUT2D eigenvalue weighted by Gasteiger charge is -2.03. The molecule has 0 amide bonds. The van der Waals surface area contributed by atoms with Crippen LogP contribution in [0.3, 0.4) is 0 Å². The number of nitrogens with zero attached hydrogens (tertiary/aromatic N) is 1. The topological polar surface area (TPSA) is 38.9 Å². The van der Waals surface area contributed by atoms with Crippen LogP contribution in [-0.4, -0.2) is 4.98 Å². The van der Waals surface area contributed by atoms with Gasteiger partial charge in [0.1, 0.15) is 10.4 Å². The quantitative estimate of drug-likeness (QED) is 0.788. The molecule has 2 rings (SSSR count). The maximum atomic E-state index is 5.56. The van der Waals surface area contributed by atoms with Gasteiger partial charge in [-0.1, -0.05) is 30.3 Å². The first kappa shape index (κ1) is 9.21. The lowest BCUT2D eigenvalue weighted by Crippen LogP contribution is -1.91. The van der Waals surface area contributed by atoms with Crippen LogP contribution in [0, 0.1) is 0 Å². The Balaban J connectivity index is 2.53. The van der Waals surface area contributed by atoms with Crippen LogP contribution < -0.4 is 5.73 Å². The number of aromatic nitrogens is 1. The molecule has 0 unspecified atom stereocenters. The molecule has 3 heteroatoms. The summed E-state index contributed by atoms with van der Waals surface area (Å²) in [7, 11) is 0. The molecule has 14 heavy (non-hydrogen) atoms. The Kier molecular flexibility index (Phi) is 2.50. The fourth-order valence-electron chi connectivity index (χ4n) is 1.28. The van der Waals surface area contributed by atoms with E-state index in [9.17, 15) is 0 Å². The summed E-state index contributed by atoms with van der Waals surface area (Å²) < 4.78 is 0.781. The van der Waals surface area contributed by atoms with Gasteiger partial charge in [0, 0.05) is 5.56 Å². The molecule has 1 aromatic heterocycles. The zero-order valence-electron chi connectivity index (χ0n) is 7.44.